The predicted octanol–water partition coefficient (Wildman–Crippen LogP) is 8.23. The predicted molar refractivity (Wildman–Crippen MR) is 239 cm³/mol. The van der Waals surface area contributed by atoms with Crippen molar-refractivity contribution in [2.24, 2.45) is 18.9 Å². The highest BCUT2D eigenvalue weighted by molar-refractivity contribution is 6.02. The third kappa shape index (κ3) is 6.19. The Morgan fingerprint density at radius 3 is 2.37 bits per heavy atom. The second-order valence-electron chi connectivity index (χ2n) is 19.2. The number of nitrogens with one attached hydrogen (secondary N) is 1. The number of ketones is 1. The molecule has 8 aromatic rings. The molecule has 1 saturated heterocycles. The lowest BCUT2D eigenvalue weighted by Crippen LogP contribution is -2.33. The van der Waals surface area contributed by atoms with Gasteiger partial charge in [0.2, 0.25) is 0 Å². The van der Waals surface area contributed by atoms with E-state index < -0.39 is 34.6 Å². The number of aryl methyl sites for hydroxylation is 4. The summed E-state index contributed by atoms with van der Waals surface area (Å²) >= 11 is 0. The van der Waals surface area contributed by atoms with Gasteiger partial charge in [-0.3, -0.25) is 28.1 Å². The van der Waals surface area contributed by atoms with E-state index in [0.29, 0.717) is 76.8 Å². The fourth-order valence-corrected chi connectivity index (χ4v) is 11.1. The number of aromatic nitrogens is 9. The van der Waals surface area contributed by atoms with Crippen LogP contribution in [-0.4, -0.2) is 61.4 Å². The van der Waals surface area contributed by atoms with E-state index in [1.807, 2.05) is 13.0 Å². The SMILES string of the molecule is Cc1cc(-n2nc3c(c2-n2ccn(-c4ccc5c(cnn5C)c4F)c2=O)[C@H](C)C(C(=O)c2cc4cc([C@H]5CCOC(C)(C)C5)ccc4n2[C@@]2(c4noc(=O)[nH]4)C[C@@H]2C)CC3)cc(C)c1F. The monoisotopic (exact) mass is 881 g/mol. The number of rotatable bonds is 8. The minimum atomic E-state index is -0.831. The van der Waals surface area contributed by atoms with Crippen LogP contribution in [0.25, 0.3) is 39.0 Å². The van der Waals surface area contributed by atoms with Crippen molar-refractivity contribution in [2.75, 3.05) is 6.61 Å². The van der Waals surface area contributed by atoms with Crippen LogP contribution in [-0.2, 0) is 23.7 Å². The molecule has 1 unspecified atom stereocenters. The van der Waals surface area contributed by atoms with Gasteiger partial charge in [-0.1, -0.05) is 25.1 Å². The Labute approximate surface area is 371 Å². The molecule has 5 atom stereocenters. The van der Waals surface area contributed by atoms with Gasteiger partial charge in [0.05, 0.1) is 45.5 Å². The van der Waals surface area contributed by atoms with Crippen molar-refractivity contribution in [2.45, 2.75) is 96.6 Å². The van der Waals surface area contributed by atoms with Crippen LogP contribution in [0.5, 0.6) is 0 Å². The molecule has 2 fully saturated rings. The van der Waals surface area contributed by atoms with Crippen LogP contribution < -0.4 is 11.4 Å². The second kappa shape index (κ2) is 14.4. The van der Waals surface area contributed by atoms with Gasteiger partial charge in [-0.15, -0.1) is 0 Å². The Morgan fingerprint density at radius 2 is 1.66 bits per heavy atom. The number of hydrogen-bond acceptors (Lipinski definition) is 8. The summed E-state index contributed by atoms with van der Waals surface area (Å²) in [7, 11) is 1.72. The lowest BCUT2D eigenvalue weighted by atomic mass is 9.75. The highest BCUT2D eigenvalue weighted by atomic mass is 19.1. The normalized spacial score (nSPS) is 22.8. The van der Waals surface area contributed by atoms with Crippen LogP contribution in [0.3, 0.4) is 0 Å². The molecule has 0 amide bonds. The van der Waals surface area contributed by atoms with Crippen molar-refractivity contribution in [1.29, 1.82) is 0 Å². The molecule has 14 nitrogen and oxygen atoms in total. The van der Waals surface area contributed by atoms with Gasteiger partial charge in [-0.05, 0) is 137 Å². The maximum absolute atomic E-state index is 16.1. The highest BCUT2D eigenvalue weighted by Gasteiger charge is 2.59. The number of halogens is 2. The van der Waals surface area contributed by atoms with E-state index in [0.717, 1.165) is 23.7 Å². The van der Waals surface area contributed by atoms with Gasteiger partial charge in [0.15, 0.2) is 17.4 Å². The van der Waals surface area contributed by atoms with E-state index in [1.54, 1.807) is 60.7 Å². The average Bonchev–Trinajstić information content (AvgIpc) is 3.90. The molecule has 11 rings (SSSR count). The molecule has 2 aliphatic carbocycles. The van der Waals surface area contributed by atoms with E-state index in [2.05, 4.69) is 58.8 Å². The molecule has 5 aromatic heterocycles. The quantitative estimate of drug-likeness (QED) is 0.150. The Balaban J connectivity index is 1.06. The Bertz CT molecular complexity index is 3370. The fourth-order valence-electron chi connectivity index (χ4n) is 11.1. The summed E-state index contributed by atoms with van der Waals surface area (Å²) in [6, 6.07) is 15.0. The minimum Gasteiger partial charge on any atom is -0.376 e. The first-order chi connectivity index (χ1) is 31.1. The zero-order valence-corrected chi connectivity index (χ0v) is 37.3. The van der Waals surface area contributed by atoms with Gasteiger partial charge in [-0.25, -0.2) is 23.1 Å². The van der Waals surface area contributed by atoms with Gasteiger partial charge in [0.25, 0.3) is 0 Å². The molecule has 6 heterocycles. The van der Waals surface area contributed by atoms with Gasteiger partial charge in [0.1, 0.15) is 17.2 Å². The number of benzene rings is 3. The summed E-state index contributed by atoms with van der Waals surface area (Å²) in [6.45, 7) is 12.3. The number of ether oxygens (including phenoxy) is 1. The van der Waals surface area contributed by atoms with E-state index in [9.17, 15) is 9.59 Å². The molecular formula is C49H49F2N9O5. The summed E-state index contributed by atoms with van der Waals surface area (Å²) in [4.78, 5) is 45.6. The van der Waals surface area contributed by atoms with Gasteiger partial charge in [0, 0.05) is 48.4 Å². The van der Waals surface area contributed by atoms with Crippen molar-refractivity contribution in [1.82, 2.24) is 43.4 Å². The van der Waals surface area contributed by atoms with Crippen LogP contribution in [0.15, 0.2) is 81.2 Å². The maximum atomic E-state index is 16.1. The zero-order valence-electron chi connectivity index (χ0n) is 37.3. The molecule has 0 radical (unpaired) electrons. The lowest BCUT2D eigenvalue weighted by Gasteiger charge is -2.35. The number of aromatic amines is 1. The van der Waals surface area contributed by atoms with Crippen LogP contribution in [0.2, 0.25) is 0 Å². The van der Waals surface area contributed by atoms with E-state index in [1.165, 1.54) is 27.1 Å². The van der Waals surface area contributed by atoms with Gasteiger partial charge < -0.3 is 9.30 Å². The highest BCUT2D eigenvalue weighted by Crippen LogP contribution is 2.56. The van der Waals surface area contributed by atoms with Crippen LogP contribution >= 0.6 is 0 Å². The lowest BCUT2D eigenvalue weighted by molar-refractivity contribution is -0.0592. The Hall–Kier alpha value is -6.68. The first-order valence-corrected chi connectivity index (χ1v) is 22.3. The molecule has 1 saturated carbocycles. The van der Waals surface area contributed by atoms with Gasteiger partial charge in [-0.2, -0.15) is 10.2 Å². The fraction of sp³-hybridized carbons (Fsp3) is 0.388. The summed E-state index contributed by atoms with van der Waals surface area (Å²) in [6.07, 6.45) is 7.78. The number of H-pyrrole nitrogens is 1. The third-order valence-electron chi connectivity index (χ3n) is 14.6. The van der Waals surface area contributed by atoms with Crippen LogP contribution in [0.1, 0.15) is 109 Å². The van der Waals surface area contributed by atoms with Crippen molar-refractivity contribution in [3.63, 3.8) is 0 Å². The number of imidazole rings is 1. The smallest absolute Gasteiger partial charge is 0.376 e. The molecule has 1 N–H and O–H groups in total. The van der Waals surface area contributed by atoms with Crippen molar-refractivity contribution in [3.05, 3.63) is 139 Å². The number of carbonyl (C=O) groups excluding carboxylic acids is 1. The summed E-state index contributed by atoms with van der Waals surface area (Å²) in [5, 5.41) is 14.7. The third-order valence-corrected chi connectivity index (χ3v) is 14.6. The standard InChI is InChI=1S/C49H49F2N9O5/c1-25-18-32(19-26(2)41(25)50)60-44(58-16-15-57(47(58)63)38-13-12-37-34(42(38)51)24-52-56(37)7)40-28(4)33(9-10-35(40)54-60)43(61)39-21-31-20-29(30-14-17-64-48(5,6)23-30)8-11-36(31)59(39)49(22-27(49)3)45-53-46(62)65-55-45/h8,11-13,15-16,18-21,24,27-28,30,33H,9-10,14,17,22-23H2,1-7H3,(H,53,55,62)/t27-,28+,30-,33?,49-/m0/s1. The van der Waals surface area contributed by atoms with Crippen molar-refractivity contribution in [3.8, 4) is 17.2 Å². The van der Waals surface area contributed by atoms with E-state index >= 15 is 13.6 Å². The second-order valence-corrected chi connectivity index (χ2v) is 19.2. The molecule has 3 aromatic carbocycles. The molecule has 65 heavy (non-hydrogen) atoms. The topological polar surface area (TPSA) is 153 Å². The van der Waals surface area contributed by atoms with Crippen LogP contribution in [0.4, 0.5) is 8.78 Å². The number of nitrogens with zero attached hydrogens (tertiary/aromatic N) is 8. The molecule has 0 bridgehead atoms. The molecule has 16 heteroatoms. The Morgan fingerprint density at radius 1 is 0.923 bits per heavy atom. The summed E-state index contributed by atoms with van der Waals surface area (Å²) in [5.41, 5.74) is 4.26. The van der Waals surface area contributed by atoms with Crippen molar-refractivity contribution >= 4 is 27.6 Å². The van der Waals surface area contributed by atoms with Crippen LogP contribution in [0, 0.1) is 37.3 Å². The number of fused-ring (bicyclic) bond motifs is 3. The maximum Gasteiger partial charge on any atom is 0.438 e. The molecular weight excluding hydrogens is 833 g/mol. The minimum absolute atomic E-state index is 0.0174. The molecule has 3 aliphatic rings. The zero-order chi connectivity index (χ0) is 45.4. The first kappa shape index (κ1) is 41.1. The van der Waals surface area contributed by atoms with Crippen molar-refractivity contribution < 1.29 is 22.8 Å². The Kier molecular flexibility index (Phi) is 9.10. The number of hydrogen-bond donors (Lipinski definition) is 1. The first-order valence-electron chi connectivity index (χ1n) is 22.3. The largest absolute Gasteiger partial charge is 0.438 e. The average molecular weight is 882 g/mol. The number of Topliss-reactive ketones (excluding diaryl/α,β-unsaturated/α-hetero) is 1. The molecule has 334 valence electrons. The van der Waals surface area contributed by atoms with Gasteiger partial charge >= 0.3 is 11.4 Å². The van der Waals surface area contributed by atoms with E-state index in [-0.39, 0.29) is 40.1 Å². The summed E-state index contributed by atoms with van der Waals surface area (Å²) in [5.74, 6) is -1.68. The molecule has 0 spiro atoms. The molecule has 1 aliphatic heterocycles. The summed E-state index contributed by atoms with van der Waals surface area (Å²) < 4.78 is 50.4. The van der Waals surface area contributed by atoms with E-state index in [4.69, 9.17) is 14.4 Å². The number of carbonyl (C=O) groups is 1.